The lowest BCUT2D eigenvalue weighted by Gasteiger charge is -2.26. The topological polar surface area (TPSA) is 95.1 Å². The number of hydrogen-bond donors (Lipinski definition) is 3. The van der Waals surface area contributed by atoms with Crippen LogP contribution in [-0.4, -0.2) is 62.0 Å². The predicted octanol–water partition coefficient (Wildman–Crippen LogP) is 2.32. The van der Waals surface area contributed by atoms with Gasteiger partial charge in [0.15, 0.2) is 5.96 Å². The second-order valence-corrected chi connectivity index (χ2v) is 7.77. The number of carbonyl (C=O) groups excluding carboxylic acids is 2. The highest BCUT2D eigenvalue weighted by Gasteiger charge is 2.22. The molecule has 0 saturated carbocycles. The molecule has 1 fully saturated rings. The molecule has 2 aromatic carbocycles. The molecule has 0 spiro atoms. The van der Waals surface area contributed by atoms with Crippen molar-refractivity contribution in [2.75, 3.05) is 33.2 Å². The summed E-state index contributed by atoms with van der Waals surface area (Å²) in [4.78, 5) is 29.9. The van der Waals surface area contributed by atoms with Gasteiger partial charge in [0.25, 0.3) is 5.91 Å². The Kier molecular flexibility index (Phi) is 10.4. The lowest BCUT2D eigenvalue weighted by Crippen LogP contribution is -2.49. The number of rotatable bonds is 7. The van der Waals surface area contributed by atoms with Crippen LogP contribution in [0.4, 0.5) is 0 Å². The van der Waals surface area contributed by atoms with Gasteiger partial charge in [-0.25, -0.2) is 0 Å². The molecule has 2 aromatic rings. The largest absolute Gasteiger partial charge is 0.489 e. The Morgan fingerprint density at radius 1 is 1.18 bits per heavy atom. The third-order valence-electron chi connectivity index (χ3n) is 5.19. The maximum absolute atomic E-state index is 12.6. The number of hydrogen-bond acceptors (Lipinski definition) is 4. The van der Waals surface area contributed by atoms with E-state index in [4.69, 9.17) is 4.74 Å². The van der Waals surface area contributed by atoms with Gasteiger partial charge < -0.3 is 25.6 Å². The number of ether oxygens (including phenoxy) is 1. The lowest BCUT2D eigenvalue weighted by atomic mass is 10.1. The summed E-state index contributed by atoms with van der Waals surface area (Å²) in [5.41, 5.74) is 2.70. The Labute approximate surface area is 212 Å². The Morgan fingerprint density at radius 3 is 2.58 bits per heavy atom. The van der Waals surface area contributed by atoms with Crippen molar-refractivity contribution in [2.24, 2.45) is 4.99 Å². The summed E-state index contributed by atoms with van der Waals surface area (Å²) in [6.45, 7) is 6.33. The molecule has 1 aliphatic rings. The molecule has 2 amide bonds. The normalized spacial score (nSPS) is 14.6. The Hall–Kier alpha value is -2.82. The van der Waals surface area contributed by atoms with Gasteiger partial charge in [0.05, 0.1) is 13.1 Å². The second-order valence-electron chi connectivity index (χ2n) is 7.77. The summed E-state index contributed by atoms with van der Waals surface area (Å²) in [5.74, 6) is 1.30. The van der Waals surface area contributed by atoms with Crippen LogP contribution in [0.2, 0.25) is 0 Å². The van der Waals surface area contributed by atoms with Gasteiger partial charge in [-0.3, -0.25) is 14.6 Å². The van der Waals surface area contributed by atoms with E-state index < -0.39 is 0 Å². The van der Waals surface area contributed by atoms with Crippen LogP contribution in [0, 0.1) is 6.92 Å². The average Bonchev–Trinajstić information content (AvgIpc) is 2.80. The van der Waals surface area contributed by atoms with E-state index in [9.17, 15) is 9.59 Å². The monoisotopic (exact) mass is 565 g/mol. The first kappa shape index (κ1) is 26.4. The fourth-order valence-electron chi connectivity index (χ4n) is 3.35. The molecule has 0 aromatic heterocycles. The standard InChI is InChI=1S/C24H31N5O3.HI/c1-17-6-4-5-7-21(17)32-18(2)14-27-24(25-3)28-15-19-8-10-20(11-9-19)23(31)29-13-12-26-22(30)16-29;/h4-11,18H,12-16H2,1-3H3,(H,26,30)(H2,25,27,28);1H. The van der Waals surface area contributed by atoms with Gasteiger partial charge in [0, 0.05) is 32.2 Å². The van der Waals surface area contributed by atoms with Crippen molar-refractivity contribution in [2.45, 2.75) is 26.5 Å². The van der Waals surface area contributed by atoms with Crippen LogP contribution >= 0.6 is 24.0 Å². The van der Waals surface area contributed by atoms with Crippen molar-refractivity contribution in [3.63, 3.8) is 0 Å². The molecule has 1 aliphatic heterocycles. The molecule has 1 heterocycles. The van der Waals surface area contributed by atoms with Crippen LogP contribution in [-0.2, 0) is 11.3 Å². The van der Waals surface area contributed by atoms with E-state index in [0.717, 1.165) is 16.9 Å². The van der Waals surface area contributed by atoms with Gasteiger partial charge in [-0.1, -0.05) is 30.3 Å². The molecule has 8 nitrogen and oxygen atoms in total. The van der Waals surface area contributed by atoms with E-state index in [1.165, 1.54) is 0 Å². The number of halogens is 1. The summed E-state index contributed by atoms with van der Waals surface area (Å²) in [6, 6.07) is 15.3. The van der Waals surface area contributed by atoms with Gasteiger partial charge in [-0.2, -0.15) is 0 Å². The van der Waals surface area contributed by atoms with Crippen LogP contribution in [0.1, 0.15) is 28.4 Å². The zero-order valence-corrected chi connectivity index (χ0v) is 21.6. The van der Waals surface area contributed by atoms with E-state index in [1.54, 1.807) is 24.1 Å². The van der Waals surface area contributed by atoms with E-state index in [1.807, 2.05) is 50.2 Å². The zero-order valence-electron chi connectivity index (χ0n) is 19.3. The third-order valence-corrected chi connectivity index (χ3v) is 5.19. The molecule has 33 heavy (non-hydrogen) atoms. The summed E-state index contributed by atoms with van der Waals surface area (Å²) in [5, 5.41) is 9.27. The van der Waals surface area contributed by atoms with Crippen molar-refractivity contribution in [1.29, 1.82) is 0 Å². The molecular formula is C24H32IN5O3. The number of guanidine groups is 1. The van der Waals surface area contributed by atoms with Gasteiger partial charge in [0.2, 0.25) is 5.91 Å². The van der Waals surface area contributed by atoms with E-state index in [-0.39, 0.29) is 48.4 Å². The smallest absolute Gasteiger partial charge is 0.254 e. The average molecular weight is 565 g/mol. The van der Waals surface area contributed by atoms with E-state index in [2.05, 4.69) is 20.9 Å². The van der Waals surface area contributed by atoms with E-state index in [0.29, 0.717) is 37.7 Å². The van der Waals surface area contributed by atoms with Crippen molar-refractivity contribution in [3.05, 3.63) is 65.2 Å². The highest BCUT2D eigenvalue weighted by atomic mass is 127. The van der Waals surface area contributed by atoms with Crippen LogP contribution < -0.4 is 20.7 Å². The van der Waals surface area contributed by atoms with Crippen LogP contribution in [0.3, 0.4) is 0 Å². The SMILES string of the molecule is CN=C(NCc1ccc(C(=O)N2CCNC(=O)C2)cc1)NCC(C)Oc1ccccc1C.I. The number of benzene rings is 2. The van der Waals surface area contributed by atoms with Gasteiger partial charge in [0.1, 0.15) is 11.9 Å². The van der Waals surface area contributed by atoms with Crippen molar-refractivity contribution in [3.8, 4) is 5.75 Å². The minimum atomic E-state index is -0.125. The number of aryl methyl sites for hydroxylation is 1. The fraction of sp³-hybridized carbons (Fsp3) is 0.375. The molecule has 178 valence electrons. The third kappa shape index (κ3) is 7.92. The second kappa shape index (κ2) is 13.0. The molecule has 1 unspecified atom stereocenters. The summed E-state index contributed by atoms with van der Waals surface area (Å²) >= 11 is 0. The first-order valence-electron chi connectivity index (χ1n) is 10.8. The van der Waals surface area contributed by atoms with E-state index >= 15 is 0 Å². The summed E-state index contributed by atoms with van der Waals surface area (Å²) < 4.78 is 5.99. The minimum Gasteiger partial charge on any atom is -0.489 e. The molecular weight excluding hydrogens is 533 g/mol. The first-order chi connectivity index (χ1) is 15.5. The number of nitrogens with zero attached hydrogens (tertiary/aromatic N) is 2. The number of nitrogens with one attached hydrogen (secondary N) is 3. The lowest BCUT2D eigenvalue weighted by molar-refractivity contribution is -0.123. The zero-order chi connectivity index (χ0) is 22.9. The van der Waals surface area contributed by atoms with Gasteiger partial charge in [-0.15, -0.1) is 24.0 Å². The fourth-order valence-corrected chi connectivity index (χ4v) is 3.35. The molecule has 9 heteroatoms. The Balaban J connectivity index is 0.00000385. The van der Waals surface area contributed by atoms with Crippen molar-refractivity contribution in [1.82, 2.24) is 20.9 Å². The number of piperazine rings is 1. The Morgan fingerprint density at radius 2 is 1.91 bits per heavy atom. The van der Waals surface area contributed by atoms with Crippen LogP contribution in [0.15, 0.2) is 53.5 Å². The number of para-hydroxylation sites is 1. The summed E-state index contributed by atoms with van der Waals surface area (Å²) in [7, 11) is 1.72. The highest BCUT2D eigenvalue weighted by molar-refractivity contribution is 14.0. The number of aliphatic imine (C=N–C) groups is 1. The van der Waals surface area contributed by atoms with Gasteiger partial charge >= 0.3 is 0 Å². The van der Waals surface area contributed by atoms with Gasteiger partial charge in [-0.05, 0) is 43.2 Å². The molecule has 0 aliphatic carbocycles. The van der Waals surface area contributed by atoms with Crippen molar-refractivity contribution >= 4 is 41.8 Å². The predicted molar refractivity (Wildman–Crippen MR) is 140 cm³/mol. The molecule has 1 atom stereocenters. The molecule has 3 rings (SSSR count). The quantitative estimate of drug-likeness (QED) is 0.272. The Bertz CT molecular complexity index is 965. The van der Waals surface area contributed by atoms with Crippen molar-refractivity contribution < 1.29 is 14.3 Å². The minimum absolute atomic E-state index is 0. The number of carbonyl (C=O) groups is 2. The summed E-state index contributed by atoms with van der Waals surface area (Å²) in [6.07, 6.45) is -0.0307. The first-order valence-corrected chi connectivity index (χ1v) is 10.8. The van der Waals surface area contributed by atoms with Crippen LogP contribution in [0.25, 0.3) is 0 Å². The van der Waals surface area contributed by atoms with Crippen LogP contribution in [0.5, 0.6) is 5.75 Å². The maximum Gasteiger partial charge on any atom is 0.254 e. The number of amides is 2. The molecule has 0 radical (unpaired) electrons. The molecule has 1 saturated heterocycles. The molecule has 0 bridgehead atoms. The highest BCUT2D eigenvalue weighted by Crippen LogP contribution is 2.17. The molecule has 3 N–H and O–H groups in total. The maximum atomic E-state index is 12.6.